The van der Waals surface area contributed by atoms with E-state index in [1.54, 1.807) is 19.2 Å². The van der Waals surface area contributed by atoms with Crippen LogP contribution < -0.4 is 5.32 Å². The minimum absolute atomic E-state index is 0.160. The second kappa shape index (κ2) is 8.22. The number of hydrogen-bond acceptors (Lipinski definition) is 2. The molecule has 2 nitrogen and oxygen atoms in total. The lowest BCUT2D eigenvalue weighted by atomic mass is 9.92. The summed E-state index contributed by atoms with van der Waals surface area (Å²) in [6, 6.07) is 7.23. The van der Waals surface area contributed by atoms with Crippen LogP contribution in [0.4, 0.5) is 4.39 Å². The van der Waals surface area contributed by atoms with Gasteiger partial charge in [-0.2, -0.15) is 0 Å². The molecule has 0 amide bonds. The highest BCUT2D eigenvalue weighted by molar-refractivity contribution is 5.17. The van der Waals surface area contributed by atoms with Gasteiger partial charge in [0, 0.05) is 19.8 Å². The Balaban J connectivity index is 2.61. The lowest BCUT2D eigenvalue weighted by Crippen LogP contribution is -2.37. The molecule has 1 aromatic rings. The molecule has 0 aliphatic rings. The monoisotopic (exact) mass is 253 g/mol. The van der Waals surface area contributed by atoms with Crippen molar-refractivity contribution in [3.8, 4) is 0 Å². The molecule has 0 bridgehead atoms. The van der Waals surface area contributed by atoms with Crippen molar-refractivity contribution >= 4 is 0 Å². The third-order valence-corrected chi connectivity index (χ3v) is 3.28. The van der Waals surface area contributed by atoms with Crippen molar-refractivity contribution in [3.63, 3.8) is 0 Å². The molecule has 18 heavy (non-hydrogen) atoms. The maximum Gasteiger partial charge on any atom is 0.123 e. The van der Waals surface area contributed by atoms with Gasteiger partial charge in [0.05, 0.1) is 0 Å². The predicted molar refractivity (Wildman–Crippen MR) is 73.2 cm³/mol. The van der Waals surface area contributed by atoms with Crippen molar-refractivity contribution in [3.05, 3.63) is 35.6 Å². The smallest absolute Gasteiger partial charge is 0.123 e. The molecule has 0 saturated heterocycles. The number of likely N-dealkylation sites (N-methyl/N-ethyl adjacent to an activating group) is 1. The van der Waals surface area contributed by atoms with Gasteiger partial charge in [-0.05, 0) is 43.0 Å². The number of methoxy groups -OCH3 is 1. The predicted octanol–water partition coefficient (Wildman–Crippen LogP) is 3.02. The van der Waals surface area contributed by atoms with Crippen LogP contribution in [0.1, 0.15) is 25.8 Å². The molecule has 0 aromatic heterocycles. The molecular weight excluding hydrogens is 229 g/mol. The van der Waals surface area contributed by atoms with E-state index in [0.717, 1.165) is 31.6 Å². The lowest BCUT2D eigenvalue weighted by molar-refractivity contribution is 0.170. The molecule has 1 aromatic carbocycles. The molecule has 0 aliphatic carbocycles. The Kier molecular flexibility index (Phi) is 6.91. The van der Waals surface area contributed by atoms with Crippen molar-refractivity contribution in [2.45, 2.75) is 32.7 Å². The van der Waals surface area contributed by atoms with Crippen LogP contribution in [0, 0.1) is 11.7 Å². The molecule has 2 atom stereocenters. The molecule has 0 spiro atoms. The maximum atomic E-state index is 13.2. The van der Waals surface area contributed by atoms with Gasteiger partial charge in [-0.3, -0.25) is 0 Å². The average Bonchev–Trinajstić information content (AvgIpc) is 2.35. The summed E-state index contributed by atoms with van der Waals surface area (Å²) in [4.78, 5) is 0. The number of halogens is 1. The van der Waals surface area contributed by atoms with E-state index in [-0.39, 0.29) is 5.82 Å². The van der Waals surface area contributed by atoms with Gasteiger partial charge >= 0.3 is 0 Å². The fourth-order valence-electron chi connectivity index (χ4n) is 2.16. The van der Waals surface area contributed by atoms with Gasteiger partial charge in [-0.25, -0.2) is 4.39 Å². The SMILES string of the molecule is CCNC(Cc1cccc(F)c1)C(C)CCOC. The Labute approximate surface area is 110 Å². The molecule has 0 heterocycles. The van der Waals surface area contributed by atoms with Crippen LogP contribution in [0.15, 0.2) is 24.3 Å². The topological polar surface area (TPSA) is 21.3 Å². The van der Waals surface area contributed by atoms with Crippen molar-refractivity contribution in [2.24, 2.45) is 5.92 Å². The second-order valence-electron chi connectivity index (χ2n) is 4.76. The number of hydrogen-bond donors (Lipinski definition) is 1. The molecular formula is C15H24FNO. The summed E-state index contributed by atoms with van der Waals surface area (Å²) in [5.41, 5.74) is 1.05. The summed E-state index contributed by atoms with van der Waals surface area (Å²) >= 11 is 0. The van der Waals surface area contributed by atoms with E-state index in [1.807, 2.05) is 6.07 Å². The zero-order valence-corrected chi connectivity index (χ0v) is 11.6. The standard InChI is InChI=1S/C15H24FNO/c1-4-17-15(12(2)8-9-18-3)11-13-6-5-7-14(16)10-13/h5-7,10,12,15,17H,4,8-9,11H2,1-3H3. The maximum absolute atomic E-state index is 13.2. The van der Waals surface area contributed by atoms with Gasteiger partial charge in [0.25, 0.3) is 0 Å². The Bertz CT molecular complexity index is 343. The first-order valence-electron chi connectivity index (χ1n) is 6.64. The first kappa shape index (κ1) is 15.1. The molecule has 2 unspecified atom stereocenters. The average molecular weight is 253 g/mol. The number of benzene rings is 1. The Morgan fingerprint density at radius 1 is 1.39 bits per heavy atom. The fourth-order valence-corrected chi connectivity index (χ4v) is 2.16. The van der Waals surface area contributed by atoms with Gasteiger partial charge in [0.1, 0.15) is 5.82 Å². The summed E-state index contributed by atoms with van der Waals surface area (Å²) in [6.07, 6.45) is 1.87. The van der Waals surface area contributed by atoms with E-state index >= 15 is 0 Å². The first-order chi connectivity index (χ1) is 8.67. The van der Waals surface area contributed by atoms with Crippen molar-refractivity contribution in [1.82, 2.24) is 5.32 Å². The van der Waals surface area contributed by atoms with Crippen molar-refractivity contribution in [2.75, 3.05) is 20.3 Å². The van der Waals surface area contributed by atoms with Crippen LogP contribution >= 0.6 is 0 Å². The molecule has 0 aliphatic heterocycles. The van der Waals surface area contributed by atoms with E-state index in [1.165, 1.54) is 6.07 Å². The Morgan fingerprint density at radius 2 is 2.17 bits per heavy atom. The summed E-state index contributed by atoms with van der Waals surface area (Å²) in [6.45, 7) is 6.01. The van der Waals surface area contributed by atoms with Gasteiger partial charge < -0.3 is 10.1 Å². The summed E-state index contributed by atoms with van der Waals surface area (Å²) in [5, 5.41) is 3.48. The van der Waals surface area contributed by atoms with E-state index in [9.17, 15) is 4.39 Å². The van der Waals surface area contributed by atoms with Crippen LogP contribution in [0.5, 0.6) is 0 Å². The molecule has 0 radical (unpaired) electrons. The molecule has 1 rings (SSSR count). The Hall–Kier alpha value is -0.930. The third kappa shape index (κ3) is 5.15. The van der Waals surface area contributed by atoms with E-state index < -0.39 is 0 Å². The number of ether oxygens (including phenoxy) is 1. The van der Waals surface area contributed by atoms with E-state index in [4.69, 9.17) is 4.74 Å². The normalized spacial score (nSPS) is 14.4. The van der Waals surface area contributed by atoms with Crippen molar-refractivity contribution < 1.29 is 9.13 Å². The third-order valence-electron chi connectivity index (χ3n) is 3.28. The highest BCUT2D eigenvalue weighted by atomic mass is 19.1. The highest BCUT2D eigenvalue weighted by Gasteiger charge is 2.16. The minimum Gasteiger partial charge on any atom is -0.385 e. The Morgan fingerprint density at radius 3 is 2.78 bits per heavy atom. The van der Waals surface area contributed by atoms with Gasteiger partial charge in [-0.1, -0.05) is 26.0 Å². The summed E-state index contributed by atoms with van der Waals surface area (Å²) in [7, 11) is 1.72. The number of rotatable bonds is 8. The molecule has 0 fully saturated rings. The van der Waals surface area contributed by atoms with Crippen molar-refractivity contribution in [1.29, 1.82) is 0 Å². The minimum atomic E-state index is -0.160. The summed E-state index contributed by atoms with van der Waals surface area (Å²) in [5.74, 6) is 0.348. The molecule has 1 N–H and O–H groups in total. The van der Waals surface area contributed by atoms with E-state index in [0.29, 0.717) is 12.0 Å². The van der Waals surface area contributed by atoms with Crippen LogP contribution in [-0.4, -0.2) is 26.3 Å². The van der Waals surface area contributed by atoms with Gasteiger partial charge in [-0.15, -0.1) is 0 Å². The van der Waals surface area contributed by atoms with Gasteiger partial charge in [0.15, 0.2) is 0 Å². The van der Waals surface area contributed by atoms with Crippen LogP contribution in [-0.2, 0) is 11.2 Å². The fraction of sp³-hybridized carbons (Fsp3) is 0.600. The lowest BCUT2D eigenvalue weighted by Gasteiger charge is -2.25. The zero-order chi connectivity index (χ0) is 13.4. The number of nitrogens with one attached hydrogen (secondary N) is 1. The van der Waals surface area contributed by atoms with Crippen LogP contribution in [0.25, 0.3) is 0 Å². The highest BCUT2D eigenvalue weighted by Crippen LogP contribution is 2.15. The second-order valence-corrected chi connectivity index (χ2v) is 4.76. The van der Waals surface area contributed by atoms with E-state index in [2.05, 4.69) is 19.2 Å². The largest absolute Gasteiger partial charge is 0.385 e. The summed E-state index contributed by atoms with van der Waals surface area (Å²) < 4.78 is 18.3. The van der Waals surface area contributed by atoms with Gasteiger partial charge in [0.2, 0.25) is 0 Å². The quantitative estimate of drug-likeness (QED) is 0.769. The van der Waals surface area contributed by atoms with Crippen LogP contribution in [0.3, 0.4) is 0 Å². The molecule has 0 saturated carbocycles. The zero-order valence-electron chi connectivity index (χ0n) is 11.6. The molecule has 102 valence electrons. The molecule has 3 heteroatoms. The first-order valence-corrected chi connectivity index (χ1v) is 6.64. The van der Waals surface area contributed by atoms with Crippen LogP contribution in [0.2, 0.25) is 0 Å².